The second kappa shape index (κ2) is 5.04. The van der Waals surface area contributed by atoms with Crippen molar-refractivity contribution in [2.24, 2.45) is 5.41 Å². The fourth-order valence-electron chi connectivity index (χ4n) is 1.91. The highest BCUT2D eigenvalue weighted by atomic mass is 79.9. The SMILES string of the molecule is N#CCC1(CNc2cc(Br)cc(C(F)(F)F)c2)CC1. The zero-order valence-corrected chi connectivity index (χ0v) is 11.6. The lowest BCUT2D eigenvalue weighted by Gasteiger charge is -2.15. The molecule has 2 rings (SSSR count). The summed E-state index contributed by atoms with van der Waals surface area (Å²) in [5, 5.41) is 11.7. The number of alkyl halides is 3. The Balaban J connectivity index is 2.09. The van der Waals surface area contributed by atoms with Crippen molar-refractivity contribution < 1.29 is 13.2 Å². The van der Waals surface area contributed by atoms with E-state index in [-0.39, 0.29) is 5.41 Å². The molecular weight excluding hydrogens is 321 g/mol. The first-order valence-corrected chi connectivity index (χ1v) is 6.63. The Hall–Kier alpha value is -1.22. The summed E-state index contributed by atoms with van der Waals surface area (Å²) in [5.74, 6) is 0. The largest absolute Gasteiger partial charge is 0.416 e. The van der Waals surface area contributed by atoms with Gasteiger partial charge in [0, 0.05) is 28.5 Å². The maximum Gasteiger partial charge on any atom is 0.416 e. The second-order valence-corrected chi connectivity index (χ2v) is 5.83. The summed E-state index contributed by atoms with van der Waals surface area (Å²) in [6.45, 7) is 0.536. The number of hydrogen-bond donors (Lipinski definition) is 1. The third-order valence-corrected chi connectivity index (χ3v) is 3.76. The van der Waals surface area contributed by atoms with Crippen molar-refractivity contribution in [2.75, 3.05) is 11.9 Å². The molecule has 0 bridgehead atoms. The smallest absolute Gasteiger partial charge is 0.384 e. The Labute approximate surface area is 117 Å². The highest BCUT2D eigenvalue weighted by molar-refractivity contribution is 9.10. The van der Waals surface area contributed by atoms with Crippen molar-refractivity contribution in [1.29, 1.82) is 5.26 Å². The quantitative estimate of drug-likeness (QED) is 0.876. The molecule has 19 heavy (non-hydrogen) atoms. The third kappa shape index (κ3) is 3.63. The minimum absolute atomic E-state index is 0.0462. The van der Waals surface area contributed by atoms with Crippen molar-refractivity contribution in [2.45, 2.75) is 25.4 Å². The number of benzene rings is 1. The molecule has 1 aliphatic carbocycles. The first kappa shape index (κ1) is 14.2. The van der Waals surface area contributed by atoms with Crippen LogP contribution in [0.2, 0.25) is 0 Å². The molecule has 0 spiro atoms. The summed E-state index contributed by atoms with van der Waals surface area (Å²) in [6.07, 6.45) is -2.01. The summed E-state index contributed by atoms with van der Waals surface area (Å²) < 4.78 is 38.4. The highest BCUT2D eigenvalue weighted by Crippen LogP contribution is 2.48. The van der Waals surface area contributed by atoms with Crippen LogP contribution in [-0.4, -0.2) is 6.54 Å². The van der Waals surface area contributed by atoms with Crippen LogP contribution in [0.1, 0.15) is 24.8 Å². The summed E-state index contributed by atoms with van der Waals surface area (Å²) in [5.41, 5.74) is -0.310. The van der Waals surface area contributed by atoms with Gasteiger partial charge in [-0.05, 0) is 31.0 Å². The molecule has 1 N–H and O–H groups in total. The molecule has 1 aromatic carbocycles. The Morgan fingerprint density at radius 3 is 2.53 bits per heavy atom. The fourth-order valence-corrected chi connectivity index (χ4v) is 2.40. The molecule has 1 aliphatic rings. The van der Waals surface area contributed by atoms with E-state index in [2.05, 4.69) is 27.3 Å². The molecule has 6 heteroatoms. The molecule has 0 aliphatic heterocycles. The van der Waals surface area contributed by atoms with Gasteiger partial charge in [-0.3, -0.25) is 0 Å². The number of rotatable bonds is 4. The van der Waals surface area contributed by atoms with Gasteiger partial charge in [0.2, 0.25) is 0 Å². The minimum Gasteiger partial charge on any atom is -0.384 e. The summed E-state index contributed by atoms with van der Waals surface area (Å²) >= 11 is 3.08. The van der Waals surface area contributed by atoms with Crippen molar-refractivity contribution in [3.63, 3.8) is 0 Å². The number of hydrogen-bond acceptors (Lipinski definition) is 2. The van der Waals surface area contributed by atoms with E-state index in [9.17, 15) is 13.2 Å². The topological polar surface area (TPSA) is 35.8 Å². The van der Waals surface area contributed by atoms with Gasteiger partial charge in [0.1, 0.15) is 0 Å². The van der Waals surface area contributed by atoms with E-state index in [1.54, 1.807) is 6.07 Å². The normalized spacial score (nSPS) is 16.8. The molecule has 1 saturated carbocycles. The molecule has 0 atom stereocenters. The van der Waals surface area contributed by atoms with Crippen LogP contribution >= 0.6 is 15.9 Å². The summed E-state index contributed by atoms with van der Waals surface area (Å²) in [6, 6.07) is 5.87. The molecular formula is C13H12BrF3N2. The van der Waals surface area contributed by atoms with Crippen LogP contribution in [0.4, 0.5) is 18.9 Å². The van der Waals surface area contributed by atoms with E-state index in [1.807, 2.05) is 0 Å². The number of nitriles is 1. The Morgan fingerprint density at radius 2 is 2.00 bits per heavy atom. The second-order valence-electron chi connectivity index (χ2n) is 4.91. The van der Waals surface area contributed by atoms with E-state index >= 15 is 0 Å². The lowest BCUT2D eigenvalue weighted by atomic mass is 10.0. The molecule has 1 fully saturated rings. The number of anilines is 1. The van der Waals surface area contributed by atoms with Crippen LogP contribution in [0.15, 0.2) is 22.7 Å². The zero-order chi connectivity index (χ0) is 14.1. The van der Waals surface area contributed by atoms with Gasteiger partial charge in [-0.15, -0.1) is 0 Å². The van der Waals surface area contributed by atoms with Crippen molar-refractivity contribution in [3.8, 4) is 6.07 Å². The predicted octanol–water partition coefficient (Wildman–Crippen LogP) is 4.57. The molecule has 0 saturated heterocycles. The number of nitrogens with one attached hydrogen (secondary N) is 1. The number of halogens is 4. The number of nitrogens with zero attached hydrogens (tertiary/aromatic N) is 1. The first-order chi connectivity index (χ1) is 8.85. The molecule has 0 amide bonds. The van der Waals surface area contributed by atoms with Gasteiger partial charge in [-0.1, -0.05) is 15.9 Å². The Bertz CT molecular complexity index is 516. The lowest BCUT2D eigenvalue weighted by molar-refractivity contribution is -0.137. The van der Waals surface area contributed by atoms with Crippen LogP contribution < -0.4 is 5.32 Å². The van der Waals surface area contributed by atoms with E-state index in [1.165, 1.54) is 0 Å². The molecule has 1 aromatic rings. The fraction of sp³-hybridized carbons (Fsp3) is 0.462. The highest BCUT2D eigenvalue weighted by Gasteiger charge is 2.42. The zero-order valence-electron chi connectivity index (χ0n) is 10.0. The average molecular weight is 333 g/mol. The van der Waals surface area contributed by atoms with E-state index in [4.69, 9.17) is 5.26 Å². The van der Waals surface area contributed by atoms with Gasteiger partial charge in [0.05, 0.1) is 11.6 Å². The van der Waals surface area contributed by atoms with Crippen LogP contribution in [0.3, 0.4) is 0 Å². The van der Waals surface area contributed by atoms with Crippen molar-refractivity contribution >= 4 is 21.6 Å². The maximum atomic E-state index is 12.7. The van der Waals surface area contributed by atoms with Gasteiger partial charge in [0.15, 0.2) is 0 Å². The minimum atomic E-state index is -4.36. The van der Waals surface area contributed by atoms with Gasteiger partial charge < -0.3 is 5.32 Å². The van der Waals surface area contributed by atoms with Crippen LogP contribution in [0, 0.1) is 16.7 Å². The van der Waals surface area contributed by atoms with Crippen molar-refractivity contribution in [3.05, 3.63) is 28.2 Å². The predicted molar refractivity (Wildman–Crippen MR) is 69.5 cm³/mol. The molecule has 0 unspecified atom stereocenters. The Kier molecular flexibility index (Phi) is 3.77. The molecule has 2 nitrogen and oxygen atoms in total. The monoisotopic (exact) mass is 332 g/mol. The van der Waals surface area contributed by atoms with Gasteiger partial charge >= 0.3 is 6.18 Å². The van der Waals surface area contributed by atoms with E-state index in [0.717, 1.165) is 25.0 Å². The van der Waals surface area contributed by atoms with E-state index in [0.29, 0.717) is 23.1 Å². The van der Waals surface area contributed by atoms with E-state index < -0.39 is 11.7 Å². The lowest BCUT2D eigenvalue weighted by Crippen LogP contribution is -2.15. The average Bonchev–Trinajstić information content (AvgIpc) is 3.06. The van der Waals surface area contributed by atoms with Gasteiger partial charge in [-0.2, -0.15) is 18.4 Å². The van der Waals surface area contributed by atoms with Gasteiger partial charge in [-0.25, -0.2) is 0 Å². The van der Waals surface area contributed by atoms with Crippen LogP contribution in [-0.2, 0) is 6.18 Å². The van der Waals surface area contributed by atoms with Crippen LogP contribution in [0.5, 0.6) is 0 Å². The molecule has 0 radical (unpaired) electrons. The summed E-state index contributed by atoms with van der Waals surface area (Å²) in [7, 11) is 0. The van der Waals surface area contributed by atoms with Crippen LogP contribution in [0.25, 0.3) is 0 Å². The maximum absolute atomic E-state index is 12.7. The van der Waals surface area contributed by atoms with Crippen molar-refractivity contribution in [1.82, 2.24) is 0 Å². The first-order valence-electron chi connectivity index (χ1n) is 5.83. The molecule has 0 aromatic heterocycles. The Morgan fingerprint density at radius 1 is 1.32 bits per heavy atom. The standard InChI is InChI=1S/C13H12BrF3N2/c14-10-5-9(13(15,16)17)6-11(7-10)19-8-12(1-2-12)3-4-18/h5-7,19H,1-3,8H2. The summed E-state index contributed by atoms with van der Waals surface area (Å²) in [4.78, 5) is 0. The third-order valence-electron chi connectivity index (χ3n) is 3.30. The molecule has 0 heterocycles. The van der Waals surface area contributed by atoms with Gasteiger partial charge in [0.25, 0.3) is 0 Å². The molecule has 102 valence electrons.